The number of urea groups is 1. The van der Waals surface area contributed by atoms with Gasteiger partial charge in [-0.3, -0.25) is 4.79 Å². The minimum atomic E-state index is -0.298. The lowest BCUT2D eigenvalue weighted by Gasteiger charge is -2.23. The van der Waals surface area contributed by atoms with E-state index in [0.29, 0.717) is 30.8 Å². The Hall–Kier alpha value is -3.02. The first-order valence-corrected chi connectivity index (χ1v) is 7.86. The van der Waals surface area contributed by atoms with Gasteiger partial charge in [0.15, 0.2) is 0 Å². The number of carbonyl (C=O) groups excluding carboxylic acids is 2. The Bertz CT molecular complexity index is 708. The molecule has 2 aromatic carbocycles. The molecule has 0 unspecified atom stereocenters. The van der Waals surface area contributed by atoms with E-state index in [1.165, 1.54) is 0 Å². The van der Waals surface area contributed by atoms with Gasteiger partial charge in [-0.2, -0.15) is 0 Å². The summed E-state index contributed by atoms with van der Waals surface area (Å²) in [5.74, 6) is 1.40. The predicted octanol–water partition coefficient (Wildman–Crippen LogP) is 2.88. The van der Waals surface area contributed by atoms with Gasteiger partial charge in [0.25, 0.3) is 0 Å². The molecule has 0 saturated carbocycles. The lowest BCUT2D eigenvalue weighted by Crippen LogP contribution is -2.48. The lowest BCUT2D eigenvalue weighted by atomic mass is 10.1. The van der Waals surface area contributed by atoms with Crippen molar-refractivity contribution in [2.24, 2.45) is 0 Å². The Kier molecular flexibility index (Phi) is 4.96. The normalized spacial score (nSPS) is 16.8. The monoisotopic (exact) mass is 325 g/mol. The molecule has 124 valence electrons. The quantitative estimate of drug-likeness (QED) is 0.808. The van der Waals surface area contributed by atoms with E-state index in [2.05, 4.69) is 16.0 Å². The maximum Gasteiger partial charge on any atom is 0.319 e. The van der Waals surface area contributed by atoms with Gasteiger partial charge in [0.2, 0.25) is 5.91 Å². The van der Waals surface area contributed by atoms with E-state index in [9.17, 15) is 9.59 Å². The molecule has 1 aliphatic heterocycles. The molecule has 0 aromatic heterocycles. The largest absolute Gasteiger partial charge is 0.457 e. The third kappa shape index (κ3) is 4.49. The van der Waals surface area contributed by atoms with Crippen LogP contribution >= 0.6 is 0 Å². The number of anilines is 1. The fourth-order valence-corrected chi connectivity index (χ4v) is 2.47. The maximum atomic E-state index is 12.1. The van der Waals surface area contributed by atoms with Crippen molar-refractivity contribution < 1.29 is 14.3 Å². The number of hydrogen-bond acceptors (Lipinski definition) is 3. The molecule has 0 radical (unpaired) electrons. The van der Waals surface area contributed by atoms with Crippen LogP contribution in [-0.4, -0.2) is 24.5 Å². The van der Waals surface area contributed by atoms with Crippen molar-refractivity contribution in [3.05, 3.63) is 54.6 Å². The first kappa shape index (κ1) is 15.9. The van der Waals surface area contributed by atoms with Gasteiger partial charge < -0.3 is 20.7 Å². The summed E-state index contributed by atoms with van der Waals surface area (Å²) in [6, 6.07) is 16.3. The van der Waals surface area contributed by atoms with E-state index in [0.717, 1.165) is 5.75 Å². The van der Waals surface area contributed by atoms with Crippen LogP contribution in [0.1, 0.15) is 12.8 Å². The molecule has 0 aliphatic carbocycles. The molecular formula is C18H19N3O3. The topological polar surface area (TPSA) is 79.5 Å². The van der Waals surface area contributed by atoms with E-state index in [4.69, 9.17) is 4.74 Å². The van der Waals surface area contributed by atoms with Gasteiger partial charge in [0.05, 0.1) is 0 Å². The van der Waals surface area contributed by atoms with Gasteiger partial charge in [0, 0.05) is 30.8 Å². The Labute approximate surface area is 140 Å². The van der Waals surface area contributed by atoms with Crippen LogP contribution in [0.2, 0.25) is 0 Å². The zero-order chi connectivity index (χ0) is 16.8. The number of ether oxygens (including phenoxy) is 1. The molecule has 3 amide bonds. The van der Waals surface area contributed by atoms with Crippen molar-refractivity contribution in [3.8, 4) is 11.5 Å². The van der Waals surface area contributed by atoms with Gasteiger partial charge in [-0.1, -0.05) is 24.3 Å². The fraction of sp³-hybridized carbons (Fsp3) is 0.222. The minimum Gasteiger partial charge on any atom is -0.457 e. The van der Waals surface area contributed by atoms with E-state index < -0.39 is 0 Å². The number of para-hydroxylation sites is 1. The number of piperidine rings is 1. The maximum absolute atomic E-state index is 12.1. The summed E-state index contributed by atoms with van der Waals surface area (Å²) in [6.45, 7) is 0.462. The second-order valence-corrected chi connectivity index (χ2v) is 5.58. The fourth-order valence-electron chi connectivity index (χ4n) is 2.47. The van der Waals surface area contributed by atoms with E-state index in [1.54, 1.807) is 12.1 Å². The van der Waals surface area contributed by atoms with Crippen LogP contribution in [0.5, 0.6) is 11.5 Å². The van der Waals surface area contributed by atoms with Crippen LogP contribution < -0.4 is 20.7 Å². The summed E-state index contributed by atoms with van der Waals surface area (Å²) < 4.78 is 5.74. The molecule has 0 bridgehead atoms. The van der Waals surface area contributed by atoms with Crippen molar-refractivity contribution in [1.82, 2.24) is 10.6 Å². The average Bonchev–Trinajstić information content (AvgIpc) is 2.58. The third-order valence-electron chi connectivity index (χ3n) is 3.67. The summed E-state index contributed by atoms with van der Waals surface area (Å²) in [7, 11) is 0. The molecular weight excluding hydrogens is 306 g/mol. The first-order valence-electron chi connectivity index (χ1n) is 7.86. The summed E-state index contributed by atoms with van der Waals surface area (Å²) in [5.41, 5.74) is 0.640. The number of rotatable bonds is 4. The molecule has 6 heteroatoms. The van der Waals surface area contributed by atoms with Crippen molar-refractivity contribution >= 4 is 17.6 Å². The summed E-state index contributed by atoms with van der Waals surface area (Å²) in [4.78, 5) is 23.2. The van der Waals surface area contributed by atoms with Gasteiger partial charge >= 0.3 is 6.03 Å². The lowest BCUT2D eigenvalue weighted by molar-refractivity contribution is -0.122. The van der Waals surface area contributed by atoms with Crippen LogP contribution in [0, 0.1) is 0 Å². The molecule has 1 fully saturated rings. The predicted molar refractivity (Wildman–Crippen MR) is 91.1 cm³/mol. The highest BCUT2D eigenvalue weighted by atomic mass is 16.5. The number of carbonyl (C=O) groups is 2. The highest BCUT2D eigenvalue weighted by molar-refractivity contribution is 5.89. The number of benzene rings is 2. The van der Waals surface area contributed by atoms with Crippen LogP contribution in [-0.2, 0) is 4.79 Å². The zero-order valence-corrected chi connectivity index (χ0v) is 13.1. The molecule has 1 aliphatic rings. The Morgan fingerprint density at radius 3 is 2.62 bits per heavy atom. The molecule has 0 spiro atoms. The van der Waals surface area contributed by atoms with Crippen molar-refractivity contribution in [2.45, 2.75) is 18.9 Å². The zero-order valence-electron chi connectivity index (χ0n) is 13.1. The summed E-state index contributed by atoms with van der Waals surface area (Å²) in [6.07, 6.45) is 1.09. The smallest absolute Gasteiger partial charge is 0.319 e. The van der Waals surface area contributed by atoms with Crippen LogP contribution in [0.25, 0.3) is 0 Å². The molecule has 1 atom stereocenters. The molecule has 1 heterocycles. The molecule has 3 N–H and O–H groups in total. The first-order chi connectivity index (χ1) is 11.7. The van der Waals surface area contributed by atoms with Gasteiger partial charge in [-0.15, -0.1) is 0 Å². The molecule has 3 rings (SSSR count). The van der Waals surface area contributed by atoms with E-state index in [1.807, 2.05) is 42.5 Å². The van der Waals surface area contributed by atoms with E-state index >= 15 is 0 Å². The average molecular weight is 325 g/mol. The summed E-state index contributed by atoms with van der Waals surface area (Å²) >= 11 is 0. The number of amides is 3. The summed E-state index contributed by atoms with van der Waals surface area (Å²) in [5, 5.41) is 8.37. The van der Waals surface area contributed by atoms with Crippen molar-refractivity contribution in [2.75, 3.05) is 11.9 Å². The number of hydrogen-bond donors (Lipinski definition) is 3. The standard InChI is InChI=1S/C18H19N3O3/c22-17-10-9-14(12-19-17)21-18(23)20-13-5-4-8-16(11-13)24-15-6-2-1-3-7-15/h1-8,11,14H,9-10,12H2,(H,19,22)(H2,20,21,23)/t14-/m1/s1. The second kappa shape index (κ2) is 7.50. The SMILES string of the molecule is O=C1CC[C@@H](NC(=O)Nc2cccc(Oc3ccccc3)c2)CN1. The number of nitrogens with one attached hydrogen (secondary N) is 3. The molecule has 1 saturated heterocycles. The van der Waals surface area contributed by atoms with Crippen LogP contribution in [0.3, 0.4) is 0 Å². The van der Waals surface area contributed by atoms with Crippen molar-refractivity contribution in [1.29, 1.82) is 0 Å². The minimum absolute atomic E-state index is 0.0271. The van der Waals surface area contributed by atoms with Gasteiger partial charge in [-0.25, -0.2) is 4.79 Å². The molecule has 24 heavy (non-hydrogen) atoms. The van der Waals surface area contributed by atoms with Crippen molar-refractivity contribution in [3.63, 3.8) is 0 Å². The highest BCUT2D eigenvalue weighted by Crippen LogP contribution is 2.23. The highest BCUT2D eigenvalue weighted by Gasteiger charge is 2.19. The third-order valence-corrected chi connectivity index (χ3v) is 3.67. The van der Waals surface area contributed by atoms with Crippen LogP contribution in [0.15, 0.2) is 54.6 Å². The van der Waals surface area contributed by atoms with E-state index in [-0.39, 0.29) is 18.0 Å². The second-order valence-electron chi connectivity index (χ2n) is 5.58. The Morgan fingerprint density at radius 1 is 1.08 bits per heavy atom. The van der Waals surface area contributed by atoms with Crippen LogP contribution in [0.4, 0.5) is 10.5 Å². The Morgan fingerprint density at radius 2 is 1.88 bits per heavy atom. The molecule has 2 aromatic rings. The Balaban J connectivity index is 1.56. The molecule has 6 nitrogen and oxygen atoms in total. The van der Waals surface area contributed by atoms with Gasteiger partial charge in [0.1, 0.15) is 11.5 Å². The van der Waals surface area contributed by atoms with Gasteiger partial charge in [-0.05, 0) is 30.7 Å².